The maximum Gasteiger partial charge on any atom is 0.335 e. The van der Waals surface area contributed by atoms with Gasteiger partial charge < -0.3 is 25.3 Å². The number of carboxylic acids is 4. The van der Waals surface area contributed by atoms with E-state index in [1.807, 2.05) is 28.6 Å². The van der Waals surface area contributed by atoms with Crippen molar-refractivity contribution in [2.75, 3.05) is 18.0 Å². The van der Waals surface area contributed by atoms with Gasteiger partial charge in [-0.25, -0.2) is 9.59 Å². The number of hydrogen-bond donors (Lipinski definition) is 4. The summed E-state index contributed by atoms with van der Waals surface area (Å²) in [4.78, 5) is 49.5. The molecular weight excluding hydrogens is 674 g/mol. The largest absolute Gasteiger partial charge is 0.481 e. The van der Waals surface area contributed by atoms with Gasteiger partial charge in [0, 0.05) is 41.1 Å². The topological polar surface area (TPSA) is 179 Å². The minimum Gasteiger partial charge on any atom is -0.481 e. The first-order valence-corrected chi connectivity index (χ1v) is 18.0. The van der Waals surface area contributed by atoms with Gasteiger partial charge in [0.05, 0.1) is 34.6 Å². The highest BCUT2D eigenvalue weighted by atomic mass is 16.4. The standard InChI is InChI=1S/C42H47N3O8/c1-5-8-21-41(4)31-25-29(39(50)51)12-14-33(31)44(23-18-37(46)47)35(41)16-10-28(27-43)11-17-36-42(20-7-3,22-9-6-2)32-26-30(40(52)53)13-15-34(32)45(36)24-19-38(48)49/h7,10-17,25-26H,3,5-6,8-9,18-24H2,1-2,4H3,(H3-,46,47,48,49,50,51,52,53)/p+1. The van der Waals surface area contributed by atoms with E-state index in [2.05, 4.69) is 26.5 Å². The number of hydrogen-bond acceptors (Lipinski definition) is 6. The SMILES string of the molecule is C=CCC1(CCCC)\C(=C/C=C(C#N)/C=C/C2=[N+](CCC(=O)O)c3ccc(C(=O)O)cc3C2(C)CCCC)N(CCC(=O)O)c2ccc(C(=O)O)cc21. The monoisotopic (exact) mass is 722 g/mol. The maximum atomic E-state index is 12.1. The van der Waals surface area contributed by atoms with Crippen molar-refractivity contribution in [3.05, 3.63) is 107 Å². The summed E-state index contributed by atoms with van der Waals surface area (Å²) in [6, 6.07) is 12.0. The number of nitrogens with zero attached hydrogens (tertiary/aromatic N) is 3. The molecule has 0 radical (unpaired) electrons. The molecule has 11 nitrogen and oxygen atoms in total. The predicted octanol–water partition coefficient (Wildman–Crippen LogP) is 7.99. The van der Waals surface area contributed by atoms with Crippen molar-refractivity contribution in [1.82, 2.24) is 0 Å². The number of carbonyl (C=O) groups is 4. The van der Waals surface area contributed by atoms with Crippen LogP contribution in [0.5, 0.6) is 0 Å². The smallest absolute Gasteiger partial charge is 0.335 e. The summed E-state index contributed by atoms with van der Waals surface area (Å²) in [5.74, 6) is -4.10. The lowest BCUT2D eigenvalue weighted by Crippen LogP contribution is -2.32. The molecular formula is C42H48N3O8+. The normalized spacial score (nSPS) is 20.1. The number of nitriles is 1. The first kappa shape index (κ1) is 40.0. The van der Waals surface area contributed by atoms with Crippen molar-refractivity contribution in [3.8, 4) is 6.07 Å². The van der Waals surface area contributed by atoms with E-state index in [1.54, 1.807) is 42.5 Å². The quantitative estimate of drug-likeness (QED) is 0.0480. The molecule has 2 atom stereocenters. The zero-order valence-corrected chi connectivity index (χ0v) is 30.6. The third-order valence-electron chi connectivity index (χ3n) is 10.4. The van der Waals surface area contributed by atoms with Crippen LogP contribution in [0.2, 0.25) is 0 Å². The van der Waals surface area contributed by atoms with Crippen molar-refractivity contribution < 1.29 is 44.2 Å². The molecule has 0 spiro atoms. The zero-order chi connectivity index (χ0) is 38.9. The van der Waals surface area contributed by atoms with Gasteiger partial charge in [0.15, 0.2) is 12.3 Å². The molecule has 2 aromatic carbocycles. The summed E-state index contributed by atoms with van der Waals surface area (Å²) < 4.78 is 1.90. The molecule has 2 aliphatic heterocycles. The first-order valence-electron chi connectivity index (χ1n) is 18.0. The molecule has 0 fully saturated rings. The van der Waals surface area contributed by atoms with Gasteiger partial charge in [-0.05, 0) is 80.3 Å². The van der Waals surface area contributed by atoms with Crippen LogP contribution in [0, 0.1) is 11.3 Å². The van der Waals surface area contributed by atoms with E-state index in [1.165, 1.54) is 12.1 Å². The molecule has 0 amide bonds. The Morgan fingerprint density at radius 2 is 1.53 bits per heavy atom. The van der Waals surface area contributed by atoms with Crippen molar-refractivity contribution >= 4 is 41.0 Å². The lowest BCUT2D eigenvalue weighted by molar-refractivity contribution is -0.436. The Hall–Kier alpha value is -5.76. The molecule has 0 aliphatic carbocycles. The molecule has 4 rings (SSSR count). The van der Waals surface area contributed by atoms with E-state index in [0.29, 0.717) is 24.9 Å². The Bertz CT molecular complexity index is 1970. The number of rotatable bonds is 19. The van der Waals surface area contributed by atoms with Crippen LogP contribution in [0.15, 0.2) is 84.6 Å². The van der Waals surface area contributed by atoms with Gasteiger partial charge in [-0.2, -0.15) is 9.84 Å². The van der Waals surface area contributed by atoms with Gasteiger partial charge in [0.1, 0.15) is 6.42 Å². The zero-order valence-electron chi connectivity index (χ0n) is 30.6. The fourth-order valence-electron chi connectivity index (χ4n) is 7.71. The van der Waals surface area contributed by atoms with Crippen LogP contribution in [0.1, 0.15) is 110 Å². The summed E-state index contributed by atoms with van der Waals surface area (Å²) in [6.45, 7) is 10.4. The van der Waals surface area contributed by atoms with Crippen LogP contribution in [0.25, 0.3) is 0 Å². The number of aromatic carboxylic acids is 2. The minimum absolute atomic E-state index is 0.118. The Labute approximate surface area is 310 Å². The van der Waals surface area contributed by atoms with E-state index in [-0.39, 0.29) is 42.6 Å². The van der Waals surface area contributed by atoms with Crippen LogP contribution in [-0.2, 0) is 20.4 Å². The molecule has 53 heavy (non-hydrogen) atoms. The second-order valence-corrected chi connectivity index (χ2v) is 13.8. The van der Waals surface area contributed by atoms with Gasteiger partial charge in [-0.15, -0.1) is 6.58 Å². The average molecular weight is 723 g/mol. The molecule has 0 aromatic heterocycles. The maximum absolute atomic E-state index is 12.1. The van der Waals surface area contributed by atoms with Crippen LogP contribution in [0.4, 0.5) is 11.4 Å². The summed E-state index contributed by atoms with van der Waals surface area (Å²) in [5.41, 5.74) is 3.59. The third-order valence-corrected chi connectivity index (χ3v) is 10.4. The fraction of sp³-hybridized carbons (Fsp3) is 0.381. The second-order valence-electron chi connectivity index (χ2n) is 13.8. The average Bonchev–Trinajstić information content (AvgIpc) is 3.51. The van der Waals surface area contributed by atoms with Gasteiger partial charge >= 0.3 is 23.9 Å². The number of fused-ring (bicyclic) bond motifs is 2. The Morgan fingerprint density at radius 1 is 0.906 bits per heavy atom. The minimum atomic E-state index is -1.07. The van der Waals surface area contributed by atoms with Crippen molar-refractivity contribution in [3.63, 3.8) is 0 Å². The molecule has 0 saturated heterocycles. The lowest BCUT2D eigenvalue weighted by atomic mass is 9.72. The van der Waals surface area contributed by atoms with E-state index in [0.717, 1.165) is 53.9 Å². The summed E-state index contributed by atoms with van der Waals surface area (Å²) in [7, 11) is 0. The van der Waals surface area contributed by atoms with E-state index >= 15 is 0 Å². The van der Waals surface area contributed by atoms with Crippen LogP contribution in [-0.4, -0.2) is 67.7 Å². The molecule has 2 aromatic rings. The lowest BCUT2D eigenvalue weighted by Gasteiger charge is -2.33. The Balaban J connectivity index is 1.92. The first-order chi connectivity index (χ1) is 25.3. The molecule has 11 heteroatoms. The van der Waals surface area contributed by atoms with Crippen molar-refractivity contribution in [1.29, 1.82) is 5.26 Å². The number of allylic oxidation sites excluding steroid dienone is 7. The summed E-state index contributed by atoms with van der Waals surface area (Å²) in [5, 5.41) is 49.3. The van der Waals surface area contributed by atoms with Crippen molar-refractivity contribution in [2.24, 2.45) is 0 Å². The molecule has 2 unspecified atom stereocenters. The fourth-order valence-corrected chi connectivity index (χ4v) is 7.71. The van der Waals surface area contributed by atoms with Gasteiger partial charge in [-0.1, -0.05) is 45.6 Å². The van der Waals surface area contributed by atoms with E-state index in [4.69, 9.17) is 0 Å². The highest BCUT2D eigenvalue weighted by Crippen LogP contribution is 2.53. The molecule has 4 N–H and O–H groups in total. The van der Waals surface area contributed by atoms with Crippen LogP contribution < -0.4 is 4.90 Å². The van der Waals surface area contributed by atoms with E-state index < -0.39 is 34.7 Å². The van der Waals surface area contributed by atoms with Crippen LogP contribution in [0.3, 0.4) is 0 Å². The molecule has 0 saturated carbocycles. The Kier molecular flexibility index (Phi) is 13.0. The van der Waals surface area contributed by atoms with Gasteiger partial charge in [0.2, 0.25) is 5.69 Å². The predicted molar refractivity (Wildman–Crippen MR) is 202 cm³/mol. The van der Waals surface area contributed by atoms with Gasteiger partial charge in [-0.3, -0.25) is 9.59 Å². The third kappa shape index (κ3) is 8.33. The molecule has 278 valence electrons. The number of carboxylic acid groups (broad SMARTS) is 4. The molecule has 0 bridgehead atoms. The molecule has 2 aliphatic rings. The van der Waals surface area contributed by atoms with Gasteiger partial charge in [0.25, 0.3) is 0 Å². The number of aliphatic carboxylic acids is 2. The highest BCUT2D eigenvalue weighted by molar-refractivity contribution is 6.04. The Morgan fingerprint density at radius 3 is 2.11 bits per heavy atom. The highest BCUT2D eigenvalue weighted by Gasteiger charge is 2.48. The van der Waals surface area contributed by atoms with Crippen molar-refractivity contribution in [2.45, 2.75) is 89.4 Å². The summed E-state index contributed by atoms with van der Waals surface area (Å²) in [6.07, 6.45) is 13.5. The number of unbranched alkanes of at least 4 members (excludes halogenated alkanes) is 2. The number of anilines is 1. The summed E-state index contributed by atoms with van der Waals surface area (Å²) >= 11 is 0. The van der Waals surface area contributed by atoms with Crippen LogP contribution >= 0.6 is 0 Å². The number of benzene rings is 2. The second kappa shape index (κ2) is 17.2. The van der Waals surface area contributed by atoms with E-state index in [9.17, 15) is 44.9 Å². The molecule has 2 heterocycles.